The van der Waals surface area contributed by atoms with Crippen molar-refractivity contribution in [3.8, 4) is 0 Å². The number of rotatable bonds is 5. The van der Waals surface area contributed by atoms with Gasteiger partial charge in [-0.25, -0.2) is 0 Å². The zero-order valence-electron chi connectivity index (χ0n) is 16.1. The van der Waals surface area contributed by atoms with Crippen molar-refractivity contribution in [3.05, 3.63) is 107 Å². The van der Waals surface area contributed by atoms with Gasteiger partial charge in [0.1, 0.15) is 16.1 Å². The van der Waals surface area contributed by atoms with Crippen LogP contribution in [0.4, 0.5) is 0 Å². The first-order chi connectivity index (χ1) is 13.4. The van der Waals surface area contributed by atoms with Crippen LogP contribution in [0.5, 0.6) is 0 Å². The van der Waals surface area contributed by atoms with Crippen molar-refractivity contribution in [1.82, 2.24) is 0 Å². The molecule has 0 heterocycles. The molecule has 138 valence electrons. The summed E-state index contributed by atoms with van der Waals surface area (Å²) < 4.78 is 6.57. The molecule has 3 aromatic carbocycles. The Balaban J connectivity index is 1.95. The molecule has 0 amide bonds. The number of hydrogen-bond donors (Lipinski definition) is 0. The fourth-order valence-electron chi connectivity index (χ4n) is 4.76. The van der Waals surface area contributed by atoms with Crippen molar-refractivity contribution in [3.63, 3.8) is 0 Å². The lowest BCUT2D eigenvalue weighted by Gasteiger charge is -2.38. The summed E-state index contributed by atoms with van der Waals surface area (Å²) in [7, 11) is 0.662. The summed E-state index contributed by atoms with van der Waals surface area (Å²) in [5.41, 5.74) is 4.71. The first-order valence-electron chi connectivity index (χ1n) is 10.1. The van der Waals surface area contributed by atoms with Crippen molar-refractivity contribution in [1.29, 1.82) is 0 Å². The van der Waals surface area contributed by atoms with E-state index in [-0.39, 0.29) is 0 Å². The summed E-state index contributed by atoms with van der Waals surface area (Å²) >= 11 is 0. The molecule has 1 fully saturated rings. The van der Waals surface area contributed by atoms with Gasteiger partial charge >= 0.3 is 0 Å². The van der Waals surface area contributed by atoms with Gasteiger partial charge in [-0.2, -0.15) is 0 Å². The van der Waals surface area contributed by atoms with Crippen molar-refractivity contribution in [2.75, 3.05) is 0 Å². The first-order valence-corrected chi connectivity index (χ1v) is 10.9. The maximum Gasteiger partial charge on any atom is 0.148 e. The molecular weight excluding hydrogens is 344 g/mol. The van der Waals surface area contributed by atoms with Crippen molar-refractivity contribution < 1.29 is 4.43 Å². The van der Waals surface area contributed by atoms with E-state index in [0.717, 1.165) is 0 Å². The summed E-state index contributed by atoms with van der Waals surface area (Å²) in [5.74, 6) is 0.638. The number of benzene rings is 3. The van der Waals surface area contributed by atoms with Gasteiger partial charge in [-0.3, -0.25) is 0 Å². The molecule has 0 N–H and O–H groups in total. The average Bonchev–Trinajstić information content (AvgIpc) is 2.77. The minimum absolute atomic E-state index is 0.525. The second-order valence-electron chi connectivity index (χ2n) is 7.54. The Kier molecular flexibility index (Phi) is 5.56. The van der Waals surface area contributed by atoms with Crippen LogP contribution in [-0.4, -0.2) is 10.5 Å². The van der Waals surface area contributed by atoms with Crippen molar-refractivity contribution in [2.45, 2.75) is 43.6 Å². The van der Waals surface area contributed by atoms with Gasteiger partial charge < -0.3 is 4.43 Å². The Morgan fingerprint density at radius 1 is 0.667 bits per heavy atom. The van der Waals surface area contributed by atoms with Crippen LogP contribution >= 0.6 is 0 Å². The highest BCUT2D eigenvalue weighted by Crippen LogP contribution is 2.45. The molecule has 0 saturated heterocycles. The van der Waals surface area contributed by atoms with Crippen LogP contribution in [0, 0.1) is 0 Å². The van der Waals surface area contributed by atoms with Crippen LogP contribution in [0.25, 0.3) is 0 Å². The Labute approximate surface area is 166 Å². The third-order valence-corrected chi connectivity index (χ3v) is 6.66. The van der Waals surface area contributed by atoms with Crippen LogP contribution in [-0.2, 0) is 10.0 Å². The molecule has 2 heteroatoms. The van der Waals surface area contributed by atoms with Crippen LogP contribution in [0.15, 0.2) is 84.9 Å². The Hall–Kier alpha value is -2.16. The quantitative estimate of drug-likeness (QED) is 0.435. The molecular formula is C25H28OSi. The molecule has 27 heavy (non-hydrogen) atoms. The van der Waals surface area contributed by atoms with Gasteiger partial charge in [-0.05, 0) is 41.0 Å². The molecule has 4 rings (SSSR count). The Morgan fingerprint density at radius 2 is 1.19 bits per heavy atom. The highest BCUT2D eigenvalue weighted by atomic mass is 28.2. The molecule has 3 aromatic rings. The van der Waals surface area contributed by atoms with E-state index in [1.807, 2.05) is 0 Å². The van der Waals surface area contributed by atoms with Crippen LogP contribution in [0.3, 0.4) is 0 Å². The SMILES string of the molecule is [SiH3]OC(c1ccccc1)(c1ccccc1)c1ccccc1C1CCCCC1. The molecule has 1 aliphatic rings. The van der Waals surface area contributed by atoms with Gasteiger partial charge in [-0.15, -0.1) is 0 Å². The summed E-state index contributed by atoms with van der Waals surface area (Å²) in [6.45, 7) is 0. The van der Waals surface area contributed by atoms with Gasteiger partial charge in [0.2, 0.25) is 0 Å². The van der Waals surface area contributed by atoms with Crippen LogP contribution in [0.1, 0.15) is 60.3 Å². The monoisotopic (exact) mass is 372 g/mol. The minimum Gasteiger partial charge on any atom is -0.411 e. The smallest absolute Gasteiger partial charge is 0.148 e. The van der Waals surface area contributed by atoms with E-state index in [2.05, 4.69) is 84.9 Å². The first kappa shape index (κ1) is 18.2. The van der Waals surface area contributed by atoms with Gasteiger partial charge in [0.25, 0.3) is 0 Å². The topological polar surface area (TPSA) is 9.23 Å². The molecule has 0 spiro atoms. The van der Waals surface area contributed by atoms with E-state index >= 15 is 0 Å². The average molecular weight is 373 g/mol. The second-order valence-corrected chi connectivity index (χ2v) is 7.95. The van der Waals surface area contributed by atoms with Crippen molar-refractivity contribution >= 4 is 10.5 Å². The second kappa shape index (κ2) is 8.24. The molecule has 0 atom stereocenters. The predicted octanol–water partition coefficient (Wildman–Crippen LogP) is 5.32. The Morgan fingerprint density at radius 3 is 1.74 bits per heavy atom. The van der Waals surface area contributed by atoms with E-state index in [1.165, 1.54) is 54.4 Å². The van der Waals surface area contributed by atoms with Crippen molar-refractivity contribution in [2.24, 2.45) is 0 Å². The zero-order chi connectivity index (χ0) is 18.5. The summed E-state index contributed by atoms with van der Waals surface area (Å²) in [6, 6.07) is 30.5. The van der Waals surface area contributed by atoms with E-state index in [4.69, 9.17) is 4.43 Å². The highest BCUT2D eigenvalue weighted by Gasteiger charge is 2.38. The number of hydrogen-bond acceptors (Lipinski definition) is 1. The van der Waals surface area contributed by atoms with Crippen LogP contribution in [0.2, 0.25) is 0 Å². The zero-order valence-corrected chi connectivity index (χ0v) is 18.1. The normalized spacial score (nSPS) is 15.7. The standard InChI is InChI=1S/C25H28OSi/c27-26-25(21-14-6-2-7-15-21,22-16-8-3-9-17-22)24-19-11-10-18-23(24)20-12-4-1-5-13-20/h2-3,6-11,14-20H,1,4-5,12-13H2,27H3. The Bertz CT molecular complexity index is 814. The lowest BCUT2D eigenvalue weighted by Crippen LogP contribution is -2.33. The minimum atomic E-state index is -0.525. The van der Waals surface area contributed by atoms with Gasteiger partial charge in [0.15, 0.2) is 0 Å². The largest absolute Gasteiger partial charge is 0.411 e. The maximum absolute atomic E-state index is 6.57. The molecule has 0 radical (unpaired) electrons. The third-order valence-electron chi connectivity index (χ3n) is 6.05. The highest BCUT2D eigenvalue weighted by molar-refractivity contribution is 5.99. The lowest BCUT2D eigenvalue weighted by molar-refractivity contribution is 0.171. The molecule has 0 unspecified atom stereocenters. The molecule has 0 bridgehead atoms. The lowest BCUT2D eigenvalue weighted by atomic mass is 9.73. The summed E-state index contributed by atoms with van der Waals surface area (Å²) in [5, 5.41) is 0. The fraction of sp³-hybridized carbons (Fsp3) is 0.280. The molecule has 0 aliphatic heterocycles. The van der Waals surface area contributed by atoms with E-state index in [0.29, 0.717) is 16.4 Å². The van der Waals surface area contributed by atoms with Gasteiger partial charge in [0.05, 0.1) is 0 Å². The van der Waals surface area contributed by atoms with Gasteiger partial charge in [0, 0.05) is 0 Å². The maximum atomic E-state index is 6.57. The van der Waals surface area contributed by atoms with E-state index < -0.39 is 5.60 Å². The van der Waals surface area contributed by atoms with E-state index in [1.54, 1.807) is 0 Å². The van der Waals surface area contributed by atoms with Gasteiger partial charge in [-0.1, -0.05) is 104 Å². The predicted molar refractivity (Wildman–Crippen MR) is 116 cm³/mol. The summed E-state index contributed by atoms with van der Waals surface area (Å²) in [6.07, 6.45) is 6.63. The molecule has 1 nitrogen and oxygen atoms in total. The molecule has 1 saturated carbocycles. The van der Waals surface area contributed by atoms with E-state index in [9.17, 15) is 0 Å². The summed E-state index contributed by atoms with van der Waals surface area (Å²) in [4.78, 5) is 0. The molecule has 0 aromatic heterocycles. The van der Waals surface area contributed by atoms with Crippen LogP contribution < -0.4 is 0 Å². The third kappa shape index (κ3) is 3.40. The fourth-order valence-corrected chi connectivity index (χ4v) is 5.45. The molecule has 1 aliphatic carbocycles.